The summed E-state index contributed by atoms with van der Waals surface area (Å²) in [6.07, 6.45) is 1.24. The number of H-pyrrole nitrogens is 1. The Morgan fingerprint density at radius 1 is 1.44 bits per heavy atom. The molecular weight excluding hydrogens is 220 g/mol. The first kappa shape index (κ1) is 10.4. The van der Waals surface area contributed by atoms with E-state index in [0.29, 0.717) is 5.52 Å². The highest BCUT2D eigenvalue weighted by atomic mass is 19.3. The van der Waals surface area contributed by atoms with E-state index in [-0.39, 0.29) is 16.7 Å². The van der Waals surface area contributed by atoms with Crippen molar-refractivity contribution in [2.75, 3.05) is 0 Å². The zero-order valence-corrected chi connectivity index (χ0v) is 7.91. The largest absolute Gasteiger partial charge is 0.478 e. The Bertz CT molecular complexity index is 536. The second-order valence-electron chi connectivity index (χ2n) is 3.06. The van der Waals surface area contributed by atoms with Gasteiger partial charge in [0.2, 0.25) is 0 Å². The van der Waals surface area contributed by atoms with Gasteiger partial charge in [0.25, 0.3) is 0 Å². The lowest BCUT2D eigenvalue weighted by Crippen LogP contribution is -2.03. The van der Waals surface area contributed by atoms with Gasteiger partial charge in [-0.05, 0) is 12.1 Å². The molecule has 0 amide bonds. The Morgan fingerprint density at radius 3 is 2.81 bits per heavy atom. The number of benzene rings is 1. The highest BCUT2D eigenvalue weighted by molar-refractivity contribution is 6.05. The normalized spacial score (nSPS) is 10.9. The summed E-state index contributed by atoms with van der Waals surface area (Å²) in [6.45, 7) is -2.98. The van der Waals surface area contributed by atoms with E-state index in [1.165, 1.54) is 18.3 Å². The van der Waals surface area contributed by atoms with Crippen molar-refractivity contribution in [1.29, 1.82) is 0 Å². The van der Waals surface area contributed by atoms with Crippen LogP contribution in [0.5, 0.6) is 5.75 Å². The van der Waals surface area contributed by atoms with Crippen LogP contribution in [0.2, 0.25) is 0 Å². The zero-order chi connectivity index (χ0) is 11.7. The Kier molecular flexibility index (Phi) is 2.47. The molecule has 1 aromatic heterocycles. The number of carboxylic acid groups (broad SMARTS) is 1. The number of halogens is 2. The summed E-state index contributed by atoms with van der Waals surface area (Å²) in [7, 11) is 0. The molecule has 0 spiro atoms. The van der Waals surface area contributed by atoms with Crippen molar-refractivity contribution in [2.45, 2.75) is 6.61 Å². The SMILES string of the molecule is O=C(O)c1c[nH]c2cccc(OC(F)F)c12. The molecule has 2 aromatic rings. The van der Waals surface area contributed by atoms with Gasteiger partial charge < -0.3 is 14.8 Å². The molecular formula is C10H7F2NO3. The number of fused-ring (bicyclic) bond motifs is 1. The van der Waals surface area contributed by atoms with Crippen molar-refractivity contribution >= 4 is 16.9 Å². The first-order valence-corrected chi connectivity index (χ1v) is 4.38. The molecule has 0 atom stereocenters. The van der Waals surface area contributed by atoms with Crippen molar-refractivity contribution in [3.8, 4) is 5.75 Å². The first-order chi connectivity index (χ1) is 7.59. The Morgan fingerprint density at radius 2 is 2.19 bits per heavy atom. The van der Waals surface area contributed by atoms with Crippen LogP contribution in [0.15, 0.2) is 24.4 Å². The fourth-order valence-electron chi connectivity index (χ4n) is 1.51. The van der Waals surface area contributed by atoms with E-state index in [2.05, 4.69) is 9.72 Å². The number of hydrogen-bond acceptors (Lipinski definition) is 2. The van der Waals surface area contributed by atoms with Crippen molar-refractivity contribution < 1.29 is 23.4 Å². The van der Waals surface area contributed by atoms with Gasteiger partial charge in [-0.15, -0.1) is 0 Å². The lowest BCUT2D eigenvalue weighted by atomic mass is 10.1. The fraction of sp³-hybridized carbons (Fsp3) is 0.100. The number of rotatable bonds is 3. The van der Waals surface area contributed by atoms with Crippen LogP contribution >= 0.6 is 0 Å². The molecule has 0 radical (unpaired) electrons. The van der Waals surface area contributed by atoms with Crippen molar-refractivity contribution in [3.63, 3.8) is 0 Å². The van der Waals surface area contributed by atoms with E-state index < -0.39 is 12.6 Å². The van der Waals surface area contributed by atoms with Crippen LogP contribution in [0, 0.1) is 0 Å². The third-order valence-corrected chi connectivity index (χ3v) is 2.11. The van der Waals surface area contributed by atoms with Crippen LogP contribution in [0.3, 0.4) is 0 Å². The number of ether oxygens (including phenoxy) is 1. The molecule has 0 saturated carbocycles. The molecule has 84 valence electrons. The minimum atomic E-state index is -2.98. The first-order valence-electron chi connectivity index (χ1n) is 4.38. The molecule has 1 heterocycles. The second-order valence-corrected chi connectivity index (χ2v) is 3.06. The predicted octanol–water partition coefficient (Wildman–Crippen LogP) is 2.47. The van der Waals surface area contributed by atoms with Crippen LogP contribution in [0.4, 0.5) is 8.78 Å². The monoisotopic (exact) mass is 227 g/mol. The number of aromatic nitrogens is 1. The Labute approximate surface area is 88.5 Å². The lowest BCUT2D eigenvalue weighted by Gasteiger charge is -2.06. The number of carboxylic acids is 1. The van der Waals surface area contributed by atoms with Crippen LogP contribution in [-0.2, 0) is 0 Å². The third kappa shape index (κ3) is 1.69. The van der Waals surface area contributed by atoms with Crippen LogP contribution < -0.4 is 4.74 Å². The fourth-order valence-corrected chi connectivity index (χ4v) is 1.51. The van der Waals surface area contributed by atoms with E-state index in [9.17, 15) is 13.6 Å². The maximum absolute atomic E-state index is 12.1. The quantitative estimate of drug-likeness (QED) is 0.846. The molecule has 4 nitrogen and oxygen atoms in total. The molecule has 0 unspecified atom stereocenters. The van der Waals surface area contributed by atoms with Crippen LogP contribution in [-0.4, -0.2) is 22.7 Å². The molecule has 0 aliphatic carbocycles. The summed E-state index contributed by atoms with van der Waals surface area (Å²) < 4.78 is 28.5. The molecule has 1 aromatic carbocycles. The zero-order valence-electron chi connectivity index (χ0n) is 7.91. The predicted molar refractivity (Wildman–Crippen MR) is 51.9 cm³/mol. The minimum absolute atomic E-state index is 0.0914. The van der Waals surface area contributed by atoms with Crippen molar-refractivity contribution in [2.24, 2.45) is 0 Å². The standard InChI is InChI=1S/C10H7F2NO3/c11-10(12)16-7-3-1-2-6-8(7)5(4-13-6)9(14)15/h1-4,10,13H,(H,14,15). The molecule has 2 N–H and O–H groups in total. The van der Waals surface area contributed by atoms with E-state index in [0.717, 1.165) is 0 Å². The number of hydrogen-bond donors (Lipinski definition) is 2. The summed E-state index contributed by atoms with van der Waals surface area (Å²) in [4.78, 5) is 13.5. The van der Waals surface area contributed by atoms with Gasteiger partial charge in [0.15, 0.2) is 0 Å². The highest BCUT2D eigenvalue weighted by Gasteiger charge is 2.16. The van der Waals surface area contributed by atoms with Gasteiger partial charge in [-0.3, -0.25) is 0 Å². The van der Waals surface area contributed by atoms with Gasteiger partial charge in [0, 0.05) is 6.20 Å². The smallest absolute Gasteiger partial charge is 0.387 e. The molecule has 2 rings (SSSR count). The number of alkyl halides is 2. The topological polar surface area (TPSA) is 62.3 Å². The number of carbonyl (C=O) groups is 1. The van der Waals surface area contributed by atoms with Gasteiger partial charge in [-0.1, -0.05) is 6.07 Å². The average Bonchev–Trinajstić information content (AvgIpc) is 2.61. The lowest BCUT2D eigenvalue weighted by molar-refractivity contribution is -0.0488. The molecule has 0 aliphatic heterocycles. The molecule has 16 heavy (non-hydrogen) atoms. The minimum Gasteiger partial charge on any atom is -0.478 e. The maximum atomic E-state index is 12.1. The number of aromatic carboxylic acids is 1. The third-order valence-electron chi connectivity index (χ3n) is 2.11. The van der Waals surface area contributed by atoms with E-state index in [1.54, 1.807) is 6.07 Å². The molecule has 6 heteroatoms. The Hall–Kier alpha value is -2.11. The molecule has 0 bridgehead atoms. The summed E-state index contributed by atoms with van der Waals surface area (Å²) in [5.41, 5.74) is 0.349. The highest BCUT2D eigenvalue weighted by Crippen LogP contribution is 2.29. The summed E-state index contributed by atoms with van der Waals surface area (Å²) in [5.74, 6) is -1.34. The van der Waals surface area contributed by atoms with Gasteiger partial charge in [-0.2, -0.15) is 8.78 Å². The number of aromatic amines is 1. The van der Waals surface area contributed by atoms with Gasteiger partial charge >= 0.3 is 12.6 Å². The average molecular weight is 227 g/mol. The van der Waals surface area contributed by atoms with E-state index in [1.807, 2.05) is 0 Å². The van der Waals surface area contributed by atoms with Gasteiger partial charge in [0.05, 0.1) is 16.5 Å². The maximum Gasteiger partial charge on any atom is 0.387 e. The van der Waals surface area contributed by atoms with E-state index in [4.69, 9.17) is 5.11 Å². The summed E-state index contributed by atoms with van der Waals surface area (Å²) >= 11 is 0. The van der Waals surface area contributed by atoms with Crippen molar-refractivity contribution in [1.82, 2.24) is 4.98 Å². The Balaban J connectivity index is 2.63. The van der Waals surface area contributed by atoms with Crippen LogP contribution in [0.25, 0.3) is 10.9 Å². The molecule has 0 saturated heterocycles. The van der Waals surface area contributed by atoms with Crippen molar-refractivity contribution in [3.05, 3.63) is 30.0 Å². The summed E-state index contributed by atoms with van der Waals surface area (Å²) in [6, 6.07) is 4.39. The molecule has 0 fully saturated rings. The van der Waals surface area contributed by atoms with Gasteiger partial charge in [0.1, 0.15) is 5.75 Å². The second kappa shape index (κ2) is 3.80. The van der Waals surface area contributed by atoms with Gasteiger partial charge in [-0.25, -0.2) is 4.79 Å². The van der Waals surface area contributed by atoms with Crippen LogP contribution in [0.1, 0.15) is 10.4 Å². The number of nitrogens with one attached hydrogen (secondary N) is 1. The van der Waals surface area contributed by atoms with E-state index >= 15 is 0 Å². The summed E-state index contributed by atoms with van der Waals surface area (Å²) in [5, 5.41) is 9.02. The molecule has 0 aliphatic rings.